The Morgan fingerprint density at radius 1 is 0.848 bits per heavy atom. The largest absolute Gasteiger partial charge is 0.203 e. The number of allylic oxidation sites excluding steroid dienone is 4. The molecule has 1 aliphatic rings. The lowest BCUT2D eigenvalue weighted by atomic mass is 9.87. The van der Waals surface area contributed by atoms with Crippen LogP contribution in [-0.4, -0.2) is 0 Å². The van der Waals surface area contributed by atoms with Crippen LogP contribution in [0.2, 0.25) is 0 Å². The summed E-state index contributed by atoms with van der Waals surface area (Å²) in [5, 5.41) is 0. The van der Waals surface area contributed by atoms with Crippen molar-refractivity contribution in [2.24, 2.45) is 5.92 Å². The van der Waals surface area contributed by atoms with E-state index in [9.17, 15) is 8.78 Å². The predicted molar refractivity (Wildman–Crippen MR) is 137 cm³/mol. The number of halogens is 2. The third-order valence-electron chi connectivity index (χ3n) is 6.88. The highest BCUT2D eigenvalue weighted by molar-refractivity contribution is 5.65. The van der Waals surface area contributed by atoms with Gasteiger partial charge >= 0.3 is 0 Å². The van der Waals surface area contributed by atoms with E-state index in [-0.39, 0.29) is 0 Å². The normalized spacial score (nSPS) is 16.4. The Kier molecular flexibility index (Phi) is 10.4. The molecular formula is C31H40F2. The first-order valence-corrected chi connectivity index (χ1v) is 13.0. The summed E-state index contributed by atoms with van der Waals surface area (Å²) in [6.45, 7) is 4.42. The quantitative estimate of drug-likeness (QED) is 0.223. The van der Waals surface area contributed by atoms with Crippen molar-refractivity contribution in [1.82, 2.24) is 0 Å². The molecule has 0 aliphatic heterocycles. The lowest BCUT2D eigenvalue weighted by molar-refractivity contribution is 0.501. The van der Waals surface area contributed by atoms with Gasteiger partial charge < -0.3 is 0 Å². The van der Waals surface area contributed by atoms with Gasteiger partial charge in [0.2, 0.25) is 0 Å². The second-order valence-electron chi connectivity index (χ2n) is 9.52. The van der Waals surface area contributed by atoms with Crippen molar-refractivity contribution in [3.63, 3.8) is 0 Å². The molecule has 0 saturated carbocycles. The summed E-state index contributed by atoms with van der Waals surface area (Å²) < 4.78 is 29.5. The highest BCUT2D eigenvalue weighted by Crippen LogP contribution is 2.29. The van der Waals surface area contributed by atoms with Crippen molar-refractivity contribution in [3.05, 3.63) is 83.0 Å². The lowest BCUT2D eigenvalue weighted by Crippen LogP contribution is -2.03. The Morgan fingerprint density at radius 2 is 1.64 bits per heavy atom. The third kappa shape index (κ3) is 7.66. The Hall–Kier alpha value is -2.22. The number of unbranched alkanes of at least 4 members (excludes halogenated alkanes) is 3. The molecular weight excluding hydrogens is 410 g/mol. The molecule has 0 radical (unpaired) electrons. The first kappa shape index (κ1) is 25.4. The van der Waals surface area contributed by atoms with E-state index in [0.29, 0.717) is 23.5 Å². The minimum absolute atomic E-state index is 0.345. The van der Waals surface area contributed by atoms with Gasteiger partial charge in [0.25, 0.3) is 0 Å². The monoisotopic (exact) mass is 450 g/mol. The van der Waals surface area contributed by atoms with Gasteiger partial charge in [0.1, 0.15) is 0 Å². The van der Waals surface area contributed by atoms with E-state index in [1.807, 2.05) is 24.3 Å². The second kappa shape index (κ2) is 13.5. The average Bonchev–Trinajstić information content (AvgIpc) is 2.84. The molecule has 33 heavy (non-hydrogen) atoms. The third-order valence-corrected chi connectivity index (χ3v) is 6.88. The highest BCUT2D eigenvalue weighted by Gasteiger charge is 2.15. The zero-order chi connectivity index (χ0) is 23.5. The van der Waals surface area contributed by atoms with E-state index in [4.69, 9.17) is 0 Å². The van der Waals surface area contributed by atoms with Crippen molar-refractivity contribution >= 4 is 0 Å². The van der Waals surface area contributed by atoms with Gasteiger partial charge in [-0.25, -0.2) is 8.78 Å². The van der Waals surface area contributed by atoms with Crippen LogP contribution in [-0.2, 0) is 12.8 Å². The molecule has 1 aliphatic carbocycles. The van der Waals surface area contributed by atoms with Crippen LogP contribution in [0.1, 0.15) is 89.2 Å². The molecule has 0 N–H and O–H groups in total. The number of hydrogen-bond acceptors (Lipinski definition) is 0. The Balaban J connectivity index is 1.51. The van der Waals surface area contributed by atoms with Gasteiger partial charge in [-0.1, -0.05) is 93.3 Å². The number of rotatable bonds is 12. The highest BCUT2D eigenvalue weighted by atomic mass is 19.2. The molecule has 0 fully saturated rings. The van der Waals surface area contributed by atoms with Crippen LogP contribution in [0.3, 0.4) is 0 Å². The molecule has 0 heterocycles. The van der Waals surface area contributed by atoms with E-state index >= 15 is 0 Å². The average molecular weight is 451 g/mol. The maximum absolute atomic E-state index is 14.8. The van der Waals surface area contributed by atoms with Crippen LogP contribution in [0.4, 0.5) is 8.78 Å². The zero-order valence-corrected chi connectivity index (χ0v) is 20.5. The smallest absolute Gasteiger partial charge is 0.166 e. The molecule has 0 aromatic heterocycles. The van der Waals surface area contributed by atoms with Gasteiger partial charge in [0.15, 0.2) is 11.6 Å². The molecule has 0 spiro atoms. The SMILES string of the molecule is CCCCCC1=CCC(C=CCCc2ccc(-c3ccc(CCCC)cc3)c(F)c2F)CC1. The Bertz CT molecular complexity index is 921. The molecule has 0 amide bonds. The first-order valence-electron chi connectivity index (χ1n) is 13.0. The van der Waals surface area contributed by atoms with E-state index in [1.165, 1.54) is 44.1 Å². The van der Waals surface area contributed by atoms with E-state index < -0.39 is 11.6 Å². The summed E-state index contributed by atoms with van der Waals surface area (Å²) in [5.41, 5.74) is 4.41. The number of benzene rings is 2. The second-order valence-corrected chi connectivity index (χ2v) is 9.52. The van der Waals surface area contributed by atoms with Gasteiger partial charge in [-0.3, -0.25) is 0 Å². The van der Waals surface area contributed by atoms with Crippen LogP contribution < -0.4 is 0 Å². The van der Waals surface area contributed by atoms with Gasteiger partial charge in [-0.15, -0.1) is 0 Å². The van der Waals surface area contributed by atoms with Crippen molar-refractivity contribution in [2.45, 2.75) is 90.9 Å². The van der Waals surface area contributed by atoms with Crippen LogP contribution >= 0.6 is 0 Å². The predicted octanol–water partition coefficient (Wildman–Crippen LogP) is 9.77. The minimum atomic E-state index is -0.731. The van der Waals surface area contributed by atoms with E-state index in [0.717, 1.165) is 37.7 Å². The molecule has 178 valence electrons. The molecule has 2 aromatic rings. The molecule has 1 unspecified atom stereocenters. The fourth-order valence-corrected chi connectivity index (χ4v) is 4.68. The van der Waals surface area contributed by atoms with E-state index in [2.05, 4.69) is 32.1 Å². The summed E-state index contributed by atoms with van der Waals surface area (Å²) in [5.74, 6) is -0.844. The van der Waals surface area contributed by atoms with Crippen molar-refractivity contribution < 1.29 is 8.78 Å². The standard InChI is InChI=1S/C31H40F2/c1-3-5-7-11-25-14-16-26(17-15-25)12-8-9-13-28-22-23-29(31(33)30(28)32)27-20-18-24(19-21-27)10-6-4-2/h8,12,14,18-23,26H,3-7,9-11,13,15-17H2,1-2H3. The summed E-state index contributed by atoms with van der Waals surface area (Å²) in [6.07, 6.45) is 20.2. The molecule has 0 nitrogen and oxygen atoms in total. The maximum atomic E-state index is 14.8. The maximum Gasteiger partial charge on any atom is 0.166 e. The summed E-state index contributed by atoms with van der Waals surface area (Å²) in [7, 11) is 0. The molecule has 2 heteroatoms. The molecule has 2 aromatic carbocycles. The summed E-state index contributed by atoms with van der Waals surface area (Å²) in [6, 6.07) is 11.3. The topological polar surface area (TPSA) is 0 Å². The Labute approximate surface area is 199 Å². The zero-order valence-electron chi connectivity index (χ0n) is 20.5. The number of hydrogen-bond donors (Lipinski definition) is 0. The fraction of sp³-hybridized carbons (Fsp3) is 0.484. The van der Waals surface area contributed by atoms with Crippen molar-refractivity contribution in [3.8, 4) is 11.1 Å². The van der Waals surface area contributed by atoms with Gasteiger partial charge in [-0.2, -0.15) is 0 Å². The van der Waals surface area contributed by atoms with Crippen LogP contribution in [0.15, 0.2) is 60.2 Å². The van der Waals surface area contributed by atoms with Gasteiger partial charge in [-0.05, 0) is 80.4 Å². The summed E-state index contributed by atoms with van der Waals surface area (Å²) in [4.78, 5) is 0. The molecule has 3 rings (SSSR count). The first-order chi connectivity index (χ1) is 16.1. The number of aryl methyl sites for hydroxylation is 2. The lowest BCUT2D eigenvalue weighted by Gasteiger charge is -2.19. The molecule has 0 bridgehead atoms. The fourth-order valence-electron chi connectivity index (χ4n) is 4.68. The summed E-state index contributed by atoms with van der Waals surface area (Å²) >= 11 is 0. The minimum Gasteiger partial charge on any atom is -0.203 e. The van der Waals surface area contributed by atoms with Crippen molar-refractivity contribution in [2.75, 3.05) is 0 Å². The van der Waals surface area contributed by atoms with Gasteiger partial charge in [0.05, 0.1) is 0 Å². The van der Waals surface area contributed by atoms with Crippen LogP contribution in [0.5, 0.6) is 0 Å². The molecule has 1 atom stereocenters. The Morgan fingerprint density at radius 3 is 2.33 bits per heavy atom. The van der Waals surface area contributed by atoms with E-state index in [1.54, 1.807) is 17.7 Å². The van der Waals surface area contributed by atoms with Crippen molar-refractivity contribution in [1.29, 1.82) is 0 Å². The molecule has 0 saturated heterocycles. The van der Waals surface area contributed by atoms with Gasteiger partial charge in [0, 0.05) is 5.56 Å². The van der Waals surface area contributed by atoms with Crippen LogP contribution in [0, 0.1) is 17.6 Å². The van der Waals surface area contributed by atoms with Crippen LogP contribution in [0.25, 0.3) is 11.1 Å².